The van der Waals surface area contributed by atoms with Crippen LogP contribution in [0.5, 0.6) is 0 Å². The van der Waals surface area contributed by atoms with Gasteiger partial charge in [-0.15, -0.1) is 0 Å². The second kappa shape index (κ2) is 6.60. The zero-order chi connectivity index (χ0) is 20.4. The van der Waals surface area contributed by atoms with Gasteiger partial charge in [0.2, 0.25) is 5.95 Å². The van der Waals surface area contributed by atoms with Crippen LogP contribution in [0, 0.1) is 0 Å². The van der Waals surface area contributed by atoms with Crippen LogP contribution in [-0.4, -0.2) is 64.3 Å². The summed E-state index contributed by atoms with van der Waals surface area (Å²) >= 11 is 0. The minimum Gasteiger partial charge on any atom is -0.388 e. The number of ether oxygens (including phenoxy) is 1. The van der Waals surface area contributed by atoms with E-state index in [1.807, 2.05) is 4.90 Å². The summed E-state index contributed by atoms with van der Waals surface area (Å²) in [5, 5.41) is 10.8. The van der Waals surface area contributed by atoms with Crippen molar-refractivity contribution < 1.29 is 23.0 Å². The number of nitrogens with zero attached hydrogens (tertiary/aromatic N) is 4. The Morgan fingerprint density at radius 2 is 2.07 bits per heavy atom. The Labute approximate surface area is 166 Å². The van der Waals surface area contributed by atoms with E-state index in [0.717, 1.165) is 24.2 Å². The number of hydrogen-bond donors (Lipinski definition) is 1. The van der Waals surface area contributed by atoms with E-state index in [0.29, 0.717) is 31.8 Å². The Hall–Kier alpha value is -1.81. The smallest absolute Gasteiger partial charge is 0.388 e. The highest BCUT2D eigenvalue weighted by atomic mass is 19.4. The standard InChI is InChI=1S/C19H25F3N4O3/c20-19(21,22)14-3-6-24-16(27)8-15(25-9-13-7-12(25)10-29-13)23-17(24)26(14)11-18(28)4-1-2-5-18/h8,12-14,28H,1-7,9-11H2/t12?,13?,14-/m0/s1. The molecule has 1 N–H and O–H groups in total. The van der Waals surface area contributed by atoms with Gasteiger partial charge in [0, 0.05) is 19.2 Å². The van der Waals surface area contributed by atoms with Crippen molar-refractivity contribution in [3.8, 4) is 0 Å². The maximum atomic E-state index is 13.8. The van der Waals surface area contributed by atoms with E-state index in [4.69, 9.17) is 4.74 Å². The molecular weight excluding hydrogens is 389 g/mol. The van der Waals surface area contributed by atoms with Gasteiger partial charge < -0.3 is 19.6 Å². The molecule has 5 rings (SSSR count). The van der Waals surface area contributed by atoms with Gasteiger partial charge >= 0.3 is 6.18 Å². The zero-order valence-electron chi connectivity index (χ0n) is 16.1. The Morgan fingerprint density at radius 1 is 1.31 bits per heavy atom. The summed E-state index contributed by atoms with van der Waals surface area (Å²) in [6.45, 7) is 0.935. The fraction of sp³-hybridized carbons (Fsp3) is 0.789. The molecule has 4 aliphatic rings. The Kier molecular flexibility index (Phi) is 4.36. The Morgan fingerprint density at radius 3 is 2.69 bits per heavy atom. The topological polar surface area (TPSA) is 70.8 Å². The van der Waals surface area contributed by atoms with Crippen molar-refractivity contribution >= 4 is 11.8 Å². The van der Waals surface area contributed by atoms with Crippen LogP contribution in [0.15, 0.2) is 10.9 Å². The van der Waals surface area contributed by atoms with Crippen molar-refractivity contribution in [1.82, 2.24) is 9.55 Å². The number of aromatic nitrogens is 2. The maximum absolute atomic E-state index is 13.8. The van der Waals surface area contributed by atoms with E-state index in [2.05, 4.69) is 4.98 Å². The molecule has 3 fully saturated rings. The average molecular weight is 414 g/mol. The molecule has 160 valence electrons. The maximum Gasteiger partial charge on any atom is 0.408 e. The largest absolute Gasteiger partial charge is 0.408 e. The first-order valence-corrected chi connectivity index (χ1v) is 10.3. The summed E-state index contributed by atoms with van der Waals surface area (Å²) < 4.78 is 48.4. The van der Waals surface area contributed by atoms with Gasteiger partial charge in [0.25, 0.3) is 5.56 Å². The van der Waals surface area contributed by atoms with E-state index in [1.165, 1.54) is 10.6 Å². The van der Waals surface area contributed by atoms with E-state index in [-0.39, 0.29) is 43.2 Å². The SMILES string of the molecule is O=c1cc(N2CC3CC2CO3)nc2n1CC[C@@H](C(F)(F)F)N2CC1(O)CCCC1. The molecule has 29 heavy (non-hydrogen) atoms. The van der Waals surface area contributed by atoms with Crippen molar-refractivity contribution in [2.24, 2.45) is 0 Å². The van der Waals surface area contributed by atoms with Gasteiger partial charge in [-0.1, -0.05) is 12.8 Å². The van der Waals surface area contributed by atoms with E-state index < -0.39 is 17.8 Å². The van der Waals surface area contributed by atoms with E-state index >= 15 is 0 Å². The fourth-order valence-corrected chi connectivity index (χ4v) is 5.31. The fourth-order valence-electron chi connectivity index (χ4n) is 5.31. The Balaban J connectivity index is 1.55. The van der Waals surface area contributed by atoms with Crippen molar-refractivity contribution in [3.63, 3.8) is 0 Å². The van der Waals surface area contributed by atoms with Crippen molar-refractivity contribution in [2.75, 3.05) is 29.5 Å². The van der Waals surface area contributed by atoms with Gasteiger partial charge in [0.05, 0.1) is 30.9 Å². The predicted molar refractivity (Wildman–Crippen MR) is 99.2 cm³/mol. The third kappa shape index (κ3) is 3.30. The molecule has 1 saturated carbocycles. The minimum absolute atomic E-state index is 0.0186. The molecule has 7 nitrogen and oxygen atoms in total. The van der Waals surface area contributed by atoms with Gasteiger partial charge in [0.15, 0.2) is 0 Å². The van der Waals surface area contributed by atoms with Gasteiger partial charge in [-0.2, -0.15) is 18.2 Å². The third-order valence-electron chi connectivity index (χ3n) is 6.81. The molecule has 3 aliphatic heterocycles. The molecular formula is C19H25F3N4O3. The third-order valence-corrected chi connectivity index (χ3v) is 6.81. The van der Waals surface area contributed by atoms with Crippen LogP contribution < -0.4 is 15.4 Å². The lowest BCUT2D eigenvalue weighted by molar-refractivity contribution is -0.154. The van der Waals surface area contributed by atoms with Crippen molar-refractivity contribution in [2.45, 2.75) is 75.0 Å². The van der Waals surface area contributed by atoms with E-state index in [1.54, 1.807) is 0 Å². The summed E-state index contributed by atoms with van der Waals surface area (Å²) in [5.74, 6) is 0.424. The number of alkyl halides is 3. The number of morpholine rings is 1. The molecule has 0 aromatic carbocycles. The van der Waals surface area contributed by atoms with E-state index in [9.17, 15) is 23.1 Å². The number of fused-ring (bicyclic) bond motifs is 3. The first kappa shape index (κ1) is 19.2. The van der Waals surface area contributed by atoms with Crippen molar-refractivity contribution in [3.05, 3.63) is 16.4 Å². The molecule has 3 atom stereocenters. The normalized spacial score (nSPS) is 30.8. The van der Waals surface area contributed by atoms with Crippen LogP contribution in [-0.2, 0) is 11.3 Å². The number of β-amino-alcohol motifs (C(OH)–C–C–N with tert-alkyl or cyclic N) is 1. The average Bonchev–Trinajstić information content (AvgIpc) is 3.38. The number of anilines is 2. The quantitative estimate of drug-likeness (QED) is 0.812. The van der Waals surface area contributed by atoms with Crippen LogP contribution in [0.4, 0.5) is 24.9 Å². The number of halogens is 3. The van der Waals surface area contributed by atoms with Gasteiger partial charge in [-0.25, -0.2) is 0 Å². The molecule has 0 radical (unpaired) electrons. The lowest BCUT2D eigenvalue weighted by atomic mass is 9.99. The van der Waals surface area contributed by atoms with Crippen LogP contribution in [0.3, 0.4) is 0 Å². The molecule has 1 aromatic rings. The molecule has 4 heterocycles. The Bertz CT molecular complexity index is 852. The number of aliphatic hydroxyl groups is 1. The highest BCUT2D eigenvalue weighted by Crippen LogP contribution is 2.39. The van der Waals surface area contributed by atoms with Crippen LogP contribution in [0.25, 0.3) is 0 Å². The van der Waals surface area contributed by atoms with Gasteiger partial charge in [-0.05, 0) is 25.7 Å². The second-order valence-electron chi connectivity index (χ2n) is 8.81. The molecule has 10 heteroatoms. The minimum atomic E-state index is -4.46. The van der Waals surface area contributed by atoms with Gasteiger partial charge in [-0.3, -0.25) is 9.36 Å². The summed E-state index contributed by atoms with van der Waals surface area (Å²) in [6.07, 6.45) is -1.26. The van der Waals surface area contributed by atoms with Crippen LogP contribution >= 0.6 is 0 Å². The molecule has 2 bridgehead atoms. The lowest BCUT2D eigenvalue weighted by Crippen LogP contribution is -2.57. The number of rotatable bonds is 3. The van der Waals surface area contributed by atoms with Crippen LogP contribution in [0.2, 0.25) is 0 Å². The molecule has 1 aromatic heterocycles. The monoisotopic (exact) mass is 414 g/mol. The number of hydrogen-bond acceptors (Lipinski definition) is 6. The summed E-state index contributed by atoms with van der Waals surface area (Å²) in [4.78, 5) is 20.4. The van der Waals surface area contributed by atoms with Gasteiger partial charge in [0.1, 0.15) is 11.9 Å². The zero-order valence-corrected chi connectivity index (χ0v) is 16.1. The van der Waals surface area contributed by atoms with Crippen LogP contribution in [0.1, 0.15) is 38.5 Å². The summed E-state index contributed by atoms with van der Waals surface area (Å²) in [5.41, 5.74) is -1.53. The first-order valence-electron chi connectivity index (χ1n) is 10.3. The molecule has 0 spiro atoms. The molecule has 2 unspecified atom stereocenters. The summed E-state index contributed by atoms with van der Waals surface area (Å²) in [6, 6.07) is -0.238. The predicted octanol–water partition coefficient (Wildman–Crippen LogP) is 1.67. The second-order valence-corrected chi connectivity index (χ2v) is 8.81. The highest BCUT2D eigenvalue weighted by Gasteiger charge is 2.49. The van der Waals surface area contributed by atoms with Crippen molar-refractivity contribution in [1.29, 1.82) is 0 Å². The molecule has 2 saturated heterocycles. The first-order chi connectivity index (χ1) is 13.7. The summed E-state index contributed by atoms with van der Waals surface area (Å²) in [7, 11) is 0. The highest BCUT2D eigenvalue weighted by molar-refractivity contribution is 5.49. The lowest BCUT2D eigenvalue weighted by Gasteiger charge is -2.42. The molecule has 0 amide bonds. The molecule has 1 aliphatic carbocycles.